The first-order valence-corrected chi connectivity index (χ1v) is 10.0. The normalized spacial score (nSPS) is 15.9. The summed E-state index contributed by atoms with van der Waals surface area (Å²) >= 11 is 0. The van der Waals surface area contributed by atoms with Gasteiger partial charge < -0.3 is 15.5 Å². The molecule has 3 amide bonds. The lowest BCUT2D eigenvalue weighted by molar-refractivity contribution is -0.119. The Labute approximate surface area is 174 Å². The van der Waals surface area contributed by atoms with Crippen molar-refractivity contribution >= 4 is 34.4 Å². The minimum absolute atomic E-state index is 0.130. The number of urea groups is 1. The maximum atomic E-state index is 13.0. The Hall–Kier alpha value is -3.61. The van der Waals surface area contributed by atoms with Gasteiger partial charge in [0.05, 0.1) is 11.2 Å². The number of aromatic nitrogens is 1. The van der Waals surface area contributed by atoms with E-state index in [1.54, 1.807) is 11.1 Å². The van der Waals surface area contributed by atoms with Crippen molar-refractivity contribution in [1.82, 2.24) is 14.8 Å². The number of para-hydroxylation sites is 1. The van der Waals surface area contributed by atoms with Crippen molar-refractivity contribution in [2.45, 2.75) is 32.4 Å². The minimum Gasteiger partial charge on any atom is -0.334 e. The molecule has 1 atom stereocenters. The molecular formula is C23H24N4O3. The van der Waals surface area contributed by atoms with Crippen LogP contribution in [0, 0.1) is 0 Å². The number of likely N-dealkylation sites (tertiary alicyclic amines) is 1. The first-order chi connectivity index (χ1) is 14.5. The molecule has 1 aliphatic rings. The number of rotatable bonds is 4. The first-order valence-electron chi connectivity index (χ1n) is 10.0. The Bertz CT molecular complexity index is 1090. The van der Waals surface area contributed by atoms with Gasteiger partial charge in [-0.3, -0.25) is 14.2 Å². The highest BCUT2D eigenvalue weighted by molar-refractivity contribution is 6.07. The molecule has 0 radical (unpaired) electrons. The van der Waals surface area contributed by atoms with Crippen molar-refractivity contribution in [3.05, 3.63) is 66.4 Å². The maximum Gasteiger partial charge on any atom is 0.318 e. The number of benzene rings is 2. The van der Waals surface area contributed by atoms with E-state index in [2.05, 4.69) is 10.6 Å². The van der Waals surface area contributed by atoms with E-state index < -0.39 is 6.04 Å². The average molecular weight is 404 g/mol. The Morgan fingerprint density at radius 1 is 1.03 bits per heavy atom. The van der Waals surface area contributed by atoms with Crippen molar-refractivity contribution in [2.24, 2.45) is 0 Å². The lowest BCUT2D eigenvalue weighted by Crippen LogP contribution is -2.47. The van der Waals surface area contributed by atoms with E-state index in [4.69, 9.17) is 0 Å². The fourth-order valence-electron chi connectivity index (χ4n) is 3.91. The summed E-state index contributed by atoms with van der Waals surface area (Å²) in [7, 11) is 0. The largest absolute Gasteiger partial charge is 0.334 e. The molecule has 1 saturated heterocycles. The van der Waals surface area contributed by atoms with Crippen molar-refractivity contribution < 1.29 is 14.4 Å². The number of carbonyl (C=O) groups is 3. The molecule has 30 heavy (non-hydrogen) atoms. The van der Waals surface area contributed by atoms with Crippen LogP contribution in [0.15, 0.2) is 60.8 Å². The van der Waals surface area contributed by atoms with E-state index >= 15 is 0 Å². The van der Waals surface area contributed by atoms with Crippen LogP contribution in [0.4, 0.5) is 10.5 Å². The lowest BCUT2D eigenvalue weighted by atomic mass is 10.2. The Morgan fingerprint density at radius 2 is 1.77 bits per heavy atom. The third-order valence-corrected chi connectivity index (χ3v) is 5.41. The van der Waals surface area contributed by atoms with Gasteiger partial charge in [0, 0.05) is 31.6 Å². The molecule has 2 N–H and O–H groups in total. The van der Waals surface area contributed by atoms with Gasteiger partial charge in [-0.25, -0.2) is 4.79 Å². The quantitative estimate of drug-likeness (QED) is 0.697. The van der Waals surface area contributed by atoms with Crippen molar-refractivity contribution in [3.8, 4) is 0 Å². The molecule has 1 aromatic heterocycles. The molecule has 154 valence electrons. The Balaban J connectivity index is 1.47. The van der Waals surface area contributed by atoms with Crippen LogP contribution in [0.25, 0.3) is 10.9 Å². The number of carbonyl (C=O) groups excluding carboxylic acids is 3. The van der Waals surface area contributed by atoms with Gasteiger partial charge in [-0.1, -0.05) is 48.5 Å². The standard InChI is InChI=1S/C23H24N4O3/c1-16(28)27-15-19(18-10-5-6-11-20(18)27)25-22(29)21-12-7-13-26(21)23(30)24-14-17-8-3-2-4-9-17/h2-6,8-11,15,21H,7,12-14H2,1H3,(H,24,30)(H,25,29)/t21-/m0/s1. The molecule has 7 nitrogen and oxygen atoms in total. The molecule has 1 aliphatic heterocycles. The zero-order chi connectivity index (χ0) is 21.1. The van der Waals surface area contributed by atoms with E-state index in [-0.39, 0.29) is 17.8 Å². The first kappa shape index (κ1) is 19.7. The van der Waals surface area contributed by atoms with Gasteiger partial charge in [-0.05, 0) is 24.5 Å². The summed E-state index contributed by atoms with van der Waals surface area (Å²) in [6, 6.07) is 16.3. The van der Waals surface area contributed by atoms with E-state index in [0.717, 1.165) is 22.9 Å². The van der Waals surface area contributed by atoms with Crippen LogP contribution < -0.4 is 10.6 Å². The fraction of sp³-hybridized carbons (Fsp3) is 0.261. The van der Waals surface area contributed by atoms with Crippen LogP contribution in [0.1, 0.15) is 30.1 Å². The Kier molecular flexibility index (Phi) is 5.52. The fourth-order valence-corrected chi connectivity index (χ4v) is 3.91. The molecule has 0 spiro atoms. The second-order valence-corrected chi connectivity index (χ2v) is 7.43. The molecule has 7 heteroatoms. The number of fused-ring (bicyclic) bond motifs is 1. The van der Waals surface area contributed by atoms with E-state index in [1.165, 1.54) is 11.5 Å². The molecular weight excluding hydrogens is 380 g/mol. The third-order valence-electron chi connectivity index (χ3n) is 5.41. The molecule has 2 heterocycles. The zero-order valence-electron chi connectivity index (χ0n) is 16.8. The number of nitrogens with zero attached hydrogens (tertiary/aromatic N) is 2. The number of nitrogens with one attached hydrogen (secondary N) is 2. The van der Waals surface area contributed by atoms with Gasteiger partial charge in [0.2, 0.25) is 11.8 Å². The van der Waals surface area contributed by atoms with Crippen LogP contribution in [-0.2, 0) is 11.3 Å². The molecule has 0 bridgehead atoms. The molecule has 0 saturated carbocycles. The minimum atomic E-state index is -0.541. The third kappa shape index (κ3) is 3.91. The summed E-state index contributed by atoms with van der Waals surface area (Å²) in [5, 5.41) is 6.61. The summed E-state index contributed by atoms with van der Waals surface area (Å²) in [4.78, 5) is 39.2. The van der Waals surface area contributed by atoms with E-state index in [9.17, 15) is 14.4 Å². The van der Waals surface area contributed by atoms with Crippen LogP contribution in [0.2, 0.25) is 0 Å². The molecule has 1 fully saturated rings. The van der Waals surface area contributed by atoms with Gasteiger partial charge in [-0.15, -0.1) is 0 Å². The smallest absolute Gasteiger partial charge is 0.318 e. The second kappa shape index (κ2) is 8.41. The van der Waals surface area contributed by atoms with E-state index in [1.807, 2.05) is 54.6 Å². The molecule has 0 aliphatic carbocycles. The molecule has 2 aromatic carbocycles. The number of hydrogen-bond acceptors (Lipinski definition) is 3. The van der Waals surface area contributed by atoms with Gasteiger partial charge in [-0.2, -0.15) is 0 Å². The zero-order valence-corrected chi connectivity index (χ0v) is 16.8. The highest BCUT2D eigenvalue weighted by atomic mass is 16.2. The summed E-state index contributed by atoms with van der Waals surface area (Å²) in [6.07, 6.45) is 3.02. The van der Waals surface area contributed by atoms with Crippen LogP contribution in [0.5, 0.6) is 0 Å². The average Bonchev–Trinajstić information content (AvgIpc) is 3.38. The highest BCUT2D eigenvalue weighted by Gasteiger charge is 2.34. The predicted molar refractivity (Wildman–Crippen MR) is 115 cm³/mol. The van der Waals surface area contributed by atoms with Crippen molar-refractivity contribution in [1.29, 1.82) is 0 Å². The monoisotopic (exact) mass is 404 g/mol. The summed E-state index contributed by atoms with van der Waals surface area (Å²) in [5.41, 5.74) is 2.31. The lowest BCUT2D eigenvalue weighted by Gasteiger charge is -2.24. The summed E-state index contributed by atoms with van der Waals surface area (Å²) < 4.78 is 1.52. The van der Waals surface area contributed by atoms with Crippen LogP contribution in [-0.4, -0.2) is 39.9 Å². The van der Waals surface area contributed by atoms with Crippen LogP contribution >= 0.6 is 0 Å². The maximum absolute atomic E-state index is 13.0. The Morgan fingerprint density at radius 3 is 2.53 bits per heavy atom. The molecule has 0 unspecified atom stereocenters. The van der Waals surface area contributed by atoms with Gasteiger partial charge in [0.25, 0.3) is 0 Å². The SMILES string of the molecule is CC(=O)n1cc(NC(=O)[C@@H]2CCCN2C(=O)NCc2ccccc2)c2ccccc21. The van der Waals surface area contributed by atoms with Crippen molar-refractivity contribution in [3.63, 3.8) is 0 Å². The summed E-state index contributed by atoms with van der Waals surface area (Å²) in [6.45, 7) is 2.43. The van der Waals surface area contributed by atoms with Gasteiger partial charge in [0.15, 0.2) is 0 Å². The topological polar surface area (TPSA) is 83.4 Å². The molecule has 3 aromatic rings. The second-order valence-electron chi connectivity index (χ2n) is 7.43. The van der Waals surface area contributed by atoms with Crippen molar-refractivity contribution in [2.75, 3.05) is 11.9 Å². The molecule has 4 rings (SSSR count). The van der Waals surface area contributed by atoms with Gasteiger partial charge >= 0.3 is 6.03 Å². The van der Waals surface area contributed by atoms with Crippen LogP contribution in [0.3, 0.4) is 0 Å². The van der Waals surface area contributed by atoms with Gasteiger partial charge in [0.1, 0.15) is 6.04 Å². The summed E-state index contributed by atoms with van der Waals surface area (Å²) in [5.74, 6) is -0.372. The highest BCUT2D eigenvalue weighted by Crippen LogP contribution is 2.27. The predicted octanol–water partition coefficient (Wildman–Crippen LogP) is 3.61. The van der Waals surface area contributed by atoms with E-state index in [0.29, 0.717) is 25.2 Å². The number of amides is 3. The number of hydrogen-bond donors (Lipinski definition) is 2. The number of anilines is 1.